The molecule has 21 heavy (non-hydrogen) atoms. The molecule has 4 heteroatoms. The molecule has 0 spiro atoms. The average Bonchev–Trinajstić information content (AvgIpc) is 2.78. The van der Waals surface area contributed by atoms with Crippen molar-refractivity contribution in [2.75, 3.05) is 27.2 Å². The molecule has 0 bridgehead atoms. The van der Waals surface area contributed by atoms with Crippen LogP contribution in [0.2, 0.25) is 0 Å². The Morgan fingerprint density at radius 2 is 1.90 bits per heavy atom. The highest BCUT2D eigenvalue weighted by Crippen LogP contribution is 2.33. The molecular formula is C17H25N3O. The number of benzene rings is 1. The number of ether oxygens (including phenoxy) is 1. The standard InChI is InChI=1S/C17H25N3O/c1-14-13-16(20(5)18-14)17(2,21-12-11-19(3)4)15-9-7-6-8-10-15/h6-10,13H,11-12H2,1-5H3. The SMILES string of the molecule is Cc1cc(C(C)(OCCN(C)C)c2ccccc2)n(C)n1. The zero-order valence-corrected chi connectivity index (χ0v) is 13.6. The second-order valence-electron chi connectivity index (χ2n) is 5.85. The lowest BCUT2D eigenvalue weighted by Crippen LogP contribution is -2.33. The third-order valence-electron chi connectivity index (χ3n) is 3.74. The van der Waals surface area contributed by atoms with Gasteiger partial charge < -0.3 is 9.64 Å². The summed E-state index contributed by atoms with van der Waals surface area (Å²) in [6.45, 7) is 5.69. The normalized spacial score (nSPS) is 14.4. The van der Waals surface area contributed by atoms with E-state index in [0.29, 0.717) is 6.61 Å². The summed E-state index contributed by atoms with van der Waals surface area (Å²) in [4.78, 5) is 2.12. The first-order valence-electron chi connectivity index (χ1n) is 7.29. The lowest BCUT2D eigenvalue weighted by molar-refractivity contribution is -0.0155. The molecule has 1 heterocycles. The molecule has 114 valence electrons. The van der Waals surface area contributed by atoms with Gasteiger partial charge in [-0.05, 0) is 39.6 Å². The van der Waals surface area contributed by atoms with Crippen LogP contribution in [0.15, 0.2) is 36.4 Å². The Labute approximate surface area is 127 Å². The third kappa shape index (κ3) is 3.52. The molecule has 0 N–H and O–H groups in total. The molecular weight excluding hydrogens is 262 g/mol. The molecule has 1 unspecified atom stereocenters. The predicted molar refractivity (Wildman–Crippen MR) is 85.3 cm³/mol. The van der Waals surface area contributed by atoms with Crippen LogP contribution in [0.5, 0.6) is 0 Å². The van der Waals surface area contributed by atoms with Crippen molar-refractivity contribution in [1.82, 2.24) is 14.7 Å². The highest BCUT2D eigenvalue weighted by atomic mass is 16.5. The maximum atomic E-state index is 6.30. The van der Waals surface area contributed by atoms with Crippen molar-refractivity contribution in [3.8, 4) is 0 Å². The Balaban J connectivity index is 2.37. The monoisotopic (exact) mass is 287 g/mol. The maximum absolute atomic E-state index is 6.30. The van der Waals surface area contributed by atoms with Crippen LogP contribution in [0.4, 0.5) is 0 Å². The predicted octanol–water partition coefficient (Wildman–Crippen LogP) is 2.57. The minimum absolute atomic E-state index is 0.493. The molecule has 0 aliphatic carbocycles. The van der Waals surface area contributed by atoms with Crippen LogP contribution in [-0.4, -0.2) is 41.9 Å². The fraction of sp³-hybridized carbons (Fsp3) is 0.471. The summed E-state index contributed by atoms with van der Waals surface area (Å²) in [5.41, 5.74) is 2.73. The maximum Gasteiger partial charge on any atom is 0.132 e. The van der Waals surface area contributed by atoms with Gasteiger partial charge in [0.05, 0.1) is 18.0 Å². The van der Waals surface area contributed by atoms with Crippen molar-refractivity contribution < 1.29 is 4.74 Å². The number of aromatic nitrogens is 2. The molecule has 0 fully saturated rings. The Bertz CT molecular complexity index is 577. The first-order valence-corrected chi connectivity index (χ1v) is 7.29. The number of nitrogens with zero attached hydrogens (tertiary/aromatic N) is 3. The van der Waals surface area contributed by atoms with Gasteiger partial charge in [0.15, 0.2) is 0 Å². The summed E-state index contributed by atoms with van der Waals surface area (Å²) in [5.74, 6) is 0. The average molecular weight is 287 g/mol. The molecule has 4 nitrogen and oxygen atoms in total. The van der Waals surface area contributed by atoms with Gasteiger partial charge >= 0.3 is 0 Å². The summed E-state index contributed by atoms with van der Waals surface area (Å²) in [7, 11) is 6.08. The van der Waals surface area contributed by atoms with E-state index in [1.54, 1.807) is 0 Å². The van der Waals surface area contributed by atoms with Crippen LogP contribution in [0.1, 0.15) is 23.9 Å². The highest BCUT2D eigenvalue weighted by Gasteiger charge is 2.33. The van der Waals surface area contributed by atoms with E-state index in [4.69, 9.17) is 4.74 Å². The number of rotatable bonds is 6. The Kier molecular flexibility index (Phi) is 4.80. The second-order valence-corrected chi connectivity index (χ2v) is 5.85. The molecule has 0 amide bonds. The van der Waals surface area contributed by atoms with Gasteiger partial charge in [0, 0.05) is 13.6 Å². The van der Waals surface area contributed by atoms with E-state index >= 15 is 0 Å². The Hall–Kier alpha value is -1.65. The fourth-order valence-corrected chi connectivity index (χ4v) is 2.55. The molecule has 0 radical (unpaired) electrons. The van der Waals surface area contributed by atoms with Gasteiger partial charge in [0.1, 0.15) is 5.60 Å². The first-order chi connectivity index (χ1) is 9.93. The lowest BCUT2D eigenvalue weighted by Gasteiger charge is -2.31. The van der Waals surface area contributed by atoms with E-state index in [1.165, 1.54) is 0 Å². The smallest absolute Gasteiger partial charge is 0.132 e. The van der Waals surface area contributed by atoms with Gasteiger partial charge in [-0.2, -0.15) is 5.10 Å². The number of likely N-dealkylation sites (N-methyl/N-ethyl adjacent to an activating group) is 1. The Morgan fingerprint density at radius 1 is 1.24 bits per heavy atom. The fourth-order valence-electron chi connectivity index (χ4n) is 2.55. The Morgan fingerprint density at radius 3 is 2.43 bits per heavy atom. The zero-order valence-electron chi connectivity index (χ0n) is 13.6. The van der Waals surface area contributed by atoms with Crippen LogP contribution in [0, 0.1) is 6.92 Å². The first kappa shape index (κ1) is 15.7. The summed E-state index contributed by atoms with van der Waals surface area (Å²) in [5, 5.41) is 4.47. The molecule has 2 aromatic rings. The van der Waals surface area contributed by atoms with Crippen molar-refractivity contribution in [1.29, 1.82) is 0 Å². The minimum atomic E-state index is -0.493. The number of hydrogen-bond acceptors (Lipinski definition) is 3. The van der Waals surface area contributed by atoms with E-state index in [9.17, 15) is 0 Å². The minimum Gasteiger partial charge on any atom is -0.363 e. The van der Waals surface area contributed by atoms with E-state index in [-0.39, 0.29) is 0 Å². The summed E-state index contributed by atoms with van der Waals surface area (Å²) in [6, 6.07) is 12.4. The lowest BCUT2D eigenvalue weighted by atomic mass is 9.91. The second kappa shape index (κ2) is 6.41. The highest BCUT2D eigenvalue weighted by molar-refractivity contribution is 5.32. The molecule has 1 atom stereocenters. The van der Waals surface area contributed by atoms with E-state index in [2.05, 4.69) is 49.2 Å². The number of hydrogen-bond donors (Lipinski definition) is 0. The third-order valence-corrected chi connectivity index (χ3v) is 3.74. The van der Waals surface area contributed by atoms with Crippen LogP contribution in [0.25, 0.3) is 0 Å². The van der Waals surface area contributed by atoms with Gasteiger partial charge in [-0.1, -0.05) is 30.3 Å². The van der Waals surface area contributed by atoms with E-state index < -0.39 is 5.60 Å². The molecule has 0 aliphatic rings. The zero-order chi connectivity index (χ0) is 15.5. The quantitative estimate of drug-likeness (QED) is 0.818. The number of aryl methyl sites for hydroxylation is 2. The van der Waals surface area contributed by atoms with E-state index in [0.717, 1.165) is 23.5 Å². The van der Waals surface area contributed by atoms with Crippen LogP contribution in [-0.2, 0) is 17.4 Å². The van der Waals surface area contributed by atoms with Crippen LogP contribution in [0.3, 0.4) is 0 Å². The van der Waals surface area contributed by atoms with Crippen molar-refractivity contribution in [2.45, 2.75) is 19.4 Å². The van der Waals surface area contributed by atoms with Gasteiger partial charge in [0.25, 0.3) is 0 Å². The van der Waals surface area contributed by atoms with Crippen molar-refractivity contribution in [2.24, 2.45) is 7.05 Å². The molecule has 0 saturated heterocycles. The van der Waals surface area contributed by atoms with Crippen LogP contribution < -0.4 is 0 Å². The van der Waals surface area contributed by atoms with Crippen molar-refractivity contribution >= 4 is 0 Å². The van der Waals surface area contributed by atoms with Gasteiger partial charge in [0.2, 0.25) is 0 Å². The molecule has 1 aromatic heterocycles. The van der Waals surface area contributed by atoms with Gasteiger partial charge in [-0.25, -0.2) is 0 Å². The van der Waals surface area contributed by atoms with E-state index in [1.807, 2.05) is 36.9 Å². The van der Waals surface area contributed by atoms with Crippen molar-refractivity contribution in [3.63, 3.8) is 0 Å². The molecule has 1 aromatic carbocycles. The molecule has 0 saturated carbocycles. The summed E-state index contributed by atoms with van der Waals surface area (Å²) >= 11 is 0. The topological polar surface area (TPSA) is 30.3 Å². The molecule has 0 aliphatic heterocycles. The van der Waals surface area contributed by atoms with Crippen molar-refractivity contribution in [3.05, 3.63) is 53.3 Å². The summed E-state index contributed by atoms with van der Waals surface area (Å²) in [6.07, 6.45) is 0. The van der Waals surface area contributed by atoms with Gasteiger partial charge in [-0.15, -0.1) is 0 Å². The molecule has 2 rings (SSSR count). The summed E-state index contributed by atoms with van der Waals surface area (Å²) < 4.78 is 8.22. The largest absolute Gasteiger partial charge is 0.363 e. The van der Waals surface area contributed by atoms with Crippen LogP contribution >= 0.6 is 0 Å². The van der Waals surface area contributed by atoms with Gasteiger partial charge in [-0.3, -0.25) is 4.68 Å².